The molecule has 1 heterocycles. The number of ether oxygens (including phenoxy) is 1. The van der Waals surface area contributed by atoms with E-state index >= 15 is 0 Å². The van der Waals surface area contributed by atoms with E-state index in [2.05, 4.69) is 5.32 Å². The van der Waals surface area contributed by atoms with Crippen LogP contribution in [-0.4, -0.2) is 17.7 Å². The van der Waals surface area contributed by atoms with Crippen molar-refractivity contribution < 1.29 is 19.1 Å². The minimum Gasteiger partial charge on any atom is -0.457 e. The van der Waals surface area contributed by atoms with E-state index in [9.17, 15) is 14.4 Å². The molecule has 188 valence electrons. The highest BCUT2D eigenvalue weighted by molar-refractivity contribution is 6.25. The Labute approximate surface area is 220 Å². The molecule has 4 aromatic rings. The number of anilines is 2. The number of benzene rings is 4. The number of rotatable bonds is 5. The average molecular weight is 503 g/mol. The lowest BCUT2D eigenvalue weighted by molar-refractivity contribution is -0.122. The number of hydrogen-bond donors (Lipinski definition) is 1. The Morgan fingerprint density at radius 2 is 1.55 bits per heavy atom. The standard InChI is InChI=1S/C32H26N2O4/c1-20-13-18-25-27(19-20)32(37)34(31(25)36)28-11-5-4-10-26(28)30(35)33-22-14-16-23(17-15-22)38-29-12-6-8-21-7-2-3-9-24(21)29/h2-17,25,27H,18-19H2,1H3,(H,33,35)/t25-,27+/m0/s1. The van der Waals surface area contributed by atoms with Crippen molar-refractivity contribution in [1.82, 2.24) is 0 Å². The Bertz CT molecular complexity index is 1600. The second-order valence-corrected chi connectivity index (χ2v) is 9.79. The Kier molecular flexibility index (Phi) is 6.00. The molecular formula is C32H26N2O4. The summed E-state index contributed by atoms with van der Waals surface area (Å²) in [5.41, 5.74) is 2.28. The van der Waals surface area contributed by atoms with Crippen molar-refractivity contribution in [3.05, 3.63) is 108 Å². The maximum absolute atomic E-state index is 13.3. The lowest BCUT2D eigenvalue weighted by Gasteiger charge is -2.19. The minimum atomic E-state index is -0.395. The molecule has 1 aliphatic heterocycles. The largest absolute Gasteiger partial charge is 0.457 e. The van der Waals surface area contributed by atoms with Crippen molar-refractivity contribution in [1.29, 1.82) is 0 Å². The third kappa shape index (κ3) is 4.24. The van der Waals surface area contributed by atoms with Crippen LogP contribution < -0.4 is 15.0 Å². The van der Waals surface area contributed by atoms with Gasteiger partial charge in [-0.3, -0.25) is 14.4 Å². The molecule has 3 amide bonds. The van der Waals surface area contributed by atoms with E-state index < -0.39 is 5.91 Å². The first-order valence-electron chi connectivity index (χ1n) is 12.7. The number of nitrogens with zero attached hydrogens (tertiary/aromatic N) is 1. The molecule has 0 spiro atoms. The van der Waals surface area contributed by atoms with Crippen LogP contribution in [0.1, 0.15) is 30.1 Å². The van der Waals surface area contributed by atoms with Crippen LogP contribution in [0.25, 0.3) is 10.8 Å². The van der Waals surface area contributed by atoms with Gasteiger partial charge in [0.2, 0.25) is 11.8 Å². The SMILES string of the molecule is CC1=CC[C@@H]2C(=O)N(c3ccccc3C(=O)Nc3ccc(Oc4cccc5ccccc45)cc3)C(=O)[C@@H]2C1. The van der Waals surface area contributed by atoms with Crippen molar-refractivity contribution in [2.75, 3.05) is 10.2 Å². The normalized spacial score (nSPS) is 18.8. The number of carbonyl (C=O) groups excluding carboxylic acids is 3. The summed E-state index contributed by atoms with van der Waals surface area (Å²) >= 11 is 0. The molecule has 1 saturated heterocycles. The highest BCUT2D eigenvalue weighted by Crippen LogP contribution is 2.40. The summed E-state index contributed by atoms with van der Waals surface area (Å²) in [4.78, 5) is 40.9. The van der Waals surface area contributed by atoms with Crippen LogP contribution in [0.4, 0.5) is 11.4 Å². The van der Waals surface area contributed by atoms with Crippen LogP contribution >= 0.6 is 0 Å². The first-order valence-corrected chi connectivity index (χ1v) is 12.7. The summed E-state index contributed by atoms with van der Waals surface area (Å²) in [5.74, 6) is -0.205. The molecule has 1 fully saturated rings. The fraction of sp³-hybridized carbons (Fsp3) is 0.156. The van der Waals surface area contributed by atoms with E-state index in [0.29, 0.717) is 30.0 Å². The zero-order valence-electron chi connectivity index (χ0n) is 20.9. The molecule has 0 aromatic heterocycles. The van der Waals surface area contributed by atoms with E-state index in [-0.39, 0.29) is 29.2 Å². The molecule has 6 rings (SSSR count). The Morgan fingerprint density at radius 3 is 2.39 bits per heavy atom. The number of amides is 3. The molecule has 0 bridgehead atoms. The summed E-state index contributed by atoms with van der Waals surface area (Å²) < 4.78 is 6.10. The topological polar surface area (TPSA) is 75.7 Å². The van der Waals surface area contributed by atoms with E-state index in [1.165, 1.54) is 4.90 Å². The molecule has 2 atom stereocenters. The van der Waals surface area contributed by atoms with Gasteiger partial charge < -0.3 is 10.1 Å². The second-order valence-electron chi connectivity index (χ2n) is 9.79. The van der Waals surface area contributed by atoms with Crippen molar-refractivity contribution in [3.63, 3.8) is 0 Å². The van der Waals surface area contributed by atoms with Gasteiger partial charge in [0.1, 0.15) is 11.5 Å². The van der Waals surface area contributed by atoms with Gasteiger partial charge in [-0.25, -0.2) is 4.90 Å². The first kappa shape index (κ1) is 23.7. The lowest BCUT2D eigenvalue weighted by atomic mass is 9.82. The molecule has 38 heavy (non-hydrogen) atoms. The van der Waals surface area contributed by atoms with E-state index in [1.54, 1.807) is 48.5 Å². The monoisotopic (exact) mass is 502 g/mol. The zero-order valence-corrected chi connectivity index (χ0v) is 20.9. The Hall–Kier alpha value is -4.71. The Morgan fingerprint density at radius 1 is 0.842 bits per heavy atom. The average Bonchev–Trinajstić information content (AvgIpc) is 3.18. The lowest BCUT2D eigenvalue weighted by Crippen LogP contribution is -2.33. The third-order valence-corrected chi connectivity index (χ3v) is 7.30. The number of allylic oxidation sites excluding steroid dienone is 2. The second kappa shape index (κ2) is 9.63. The predicted octanol–water partition coefficient (Wildman–Crippen LogP) is 6.73. The van der Waals surface area contributed by atoms with Gasteiger partial charge in [0, 0.05) is 11.1 Å². The fourth-order valence-electron chi connectivity index (χ4n) is 5.35. The highest BCUT2D eigenvalue weighted by atomic mass is 16.5. The van der Waals surface area contributed by atoms with Gasteiger partial charge in [-0.05, 0) is 67.6 Å². The van der Waals surface area contributed by atoms with Crippen LogP contribution in [0.15, 0.2) is 103 Å². The summed E-state index contributed by atoms with van der Waals surface area (Å²) in [6.07, 6.45) is 3.16. The quantitative estimate of drug-likeness (QED) is 0.243. The van der Waals surface area contributed by atoms with Crippen molar-refractivity contribution in [2.24, 2.45) is 11.8 Å². The maximum Gasteiger partial charge on any atom is 0.257 e. The van der Waals surface area contributed by atoms with E-state index in [1.807, 2.05) is 55.5 Å². The van der Waals surface area contributed by atoms with Crippen molar-refractivity contribution in [2.45, 2.75) is 19.8 Å². The van der Waals surface area contributed by atoms with Crippen molar-refractivity contribution >= 4 is 39.9 Å². The van der Waals surface area contributed by atoms with Crippen LogP contribution in [0.5, 0.6) is 11.5 Å². The first-order chi connectivity index (χ1) is 18.5. The number of para-hydroxylation sites is 1. The molecule has 0 radical (unpaired) electrons. The van der Waals surface area contributed by atoms with Gasteiger partial charge in [0.15, 0.2) is 0 Å². The molecule has 0 saturated carbocycles. The van der Waals surface area contributed by atoms with Crippen LogP contribution in [0.2, 0.25) is 0 Å². The smallest absolute Gasteiger partial charge is 0.257 e. The molecule has 1 N–H and O–H groups in total. The molecule has 6 nitrogen and oxygen atoms in total. The number of nitrogens with one attached hydrogen (secondary N) is 1. The van der Waals surface area contributed by atoms with E-state index in [4.69, 9.17) is 4.74 Å². The highest BCUT2D eigenvalue weighted by Gasteiger charge is 2.49. The molecule has 6 heteroatoms. The van der Waals surface area contributed by atoms with Crippen LogP contribution in [0.3, 0.4) is 0 Å². The summed E-state index contributed by atoms with van der Waals surface area (Å²) in [7, 11) is 0. The minimum absolute atomic E-state index is 0.234. The van der Waals surface area contributed by atoms with Gasteiger partial charge in [-0.1, -0.05) is 60.2 Å². The van der Waals surface area contributed by atoms with Crippen LogP contribution in [-0.2, 0) is 9.59 Å². The van der Waals surface area contributed by atoms with Gasteiger partial charge in [-0.2, -0.15) is 0 Å². The summed E-state index contributed by atoms with van der Waals surface area (Å²) in [6.45, 7) is 1.98. The Balaban J connectivity index is 1.20. The van der Waals surface area contributed by atoms with Crippen LogP contribution in [0, 0.1) is 11.8 Å². The molecule has 1 aliphatic carbocycles. The van der Waals surface area contributed by atoms with Crippen molar-refractivity contribution in [3.8, 4) is 11.5 Å². The van der Waals surface area contributed by atoms with Gasteiger partial charge >= 0.3 is 0 Å². The zero-order chi connectivity index (χ0) is 26.2. The molecule has 4 aromatic carbocycles. The number of fused-ring (bicyclic) bond motifs is 2. The predicted molar refractivity (Wildman–Crippen MR) is 147 cm³/mol. The fourth-order valence-corrected chi connectivity index (χ4v) is 5.35. The number of hydrogen-bond acceptors (Lipinski definition) is 4. The van der Waals surface area contributed by atoms with Gasteiger partial charge in [0.05, 0.1) is 23.1 Å². The molecule has 2 aliphatic rings. The van der Waals surface area contributed by atoms with Gasteiger partial charge in [-0.15, -0.1) is 0 Å². The maximum atomic E-state index is 13.3. The number of imide groups is 1. The third-order valence-electron chi connectivity index (χ3n) is 7.30. The van der Waals surface area contributed by atoms with Gasteiger partial charge in [0.25, 0.3) is 5.91 Å². The van der Waals surface area contributed by atoms with E-state index in [0.717, 1.165) is 22.1 Å². The number of carbonyl (C=O) groups is 3. The molecular weight excluding hydrogens is 476 g/mol. The summed E-state index contributed by atoms with van der Waals surface area (Å²) in [6, 6.07) is 27.8. The summed E-state index contributed by atoms with van der Waals surface area (Å²) in [5, 5.41) is 4.99. The molecule has 0 unspecified atom stereocenters.